The molecule has 0 heterocycles. The molecule has 0 saturated carbocycles. The predicted octanol–water partition coefficient (Wildman–Crippen LogP) is 3.23. The van der Waals surface area contributed by atoms with Crippen molar-refractivity contribution < 1.29 is 4.70 Å². The van der Waals surface area contributed by atoms with Crippen molar-refractivity contribution in [2.75, 3.05) is 0 Å². The fourth-order valence-electron chi connectivity index (χ4n) is 0. The monoisotopic (exact) mass is 110 g/mol. The standard InChI is InChI=1S/3C2H6.FH/c3*1-2;/h3*1-2H3;1H. The van der Waals surface area contributed by atoms with Gasteiger partial charge in [-0.15, -0.1) is 0 Å². The van der Waals surface area contributed by atoms with Crippen LogP contribution in [0.2, 0.25) is 0 Å². The molecule has 0 atom stereocenters. The number of halogens is 1. The fourth-order valence-corrected chi connectivity index (χ4v) is 0. The van der Waals surface area contributed by atoms with Gasteiger partial charge >= 0.3 is 0 Å². The summed E-state index contributed by atoms with van der Waals surface area (Å²) in [4.78, 5) is 0. The first-order valence-electron chi connectivity index (χ1n) is 3.00. The molecule has 0 unspecified atom stereocenters. The van der Waals surface area contributed by atoms with Gasteiger partial charge in [-0.25, -0.2) is 0 Å². The van der Waals surface area contributed by atoms with Crippen molar-refractivity contribution in [1.29, 1.82) is 0 Å². The summed E-state index contributed by atoms with van der Waals surface area (Å²) >= 11 is 0. The Kier molecular flexibility index (Phi) is 119000. The Hall–Kier alpha value is -0.0700. The van der Waals surface area contributed by atoms with E-state index in [2.05, 4.69) is 0 Å². The number of hydrogen-bond donors (Lipinski definition) is 0. The highest BCUT2D eigenvalue weighted by Crippen LogP contribution is 1.15. The molecule has 0 N–H and O–H groups in total. The highest BCUT2D eigenvalue weighted by atomic mass is 19.0. The van der Waals surface area contributed by atoms with Crippen LogP contribution in [0.3, 0.4) is 0 Å². The van der Waals surface area contributed by atoms with Crippen LogP contribution in [-0.4, -0.2) is 0 Å². The normalized spacial score (nSPS) is 2.57. The molecular formula is C6H19F. The molecule has 0 aliphatic carbocycles. The van der Waals surface area contributed by atoms with Crippen molar-refractivity contribution in [2.24, 2.45) is 0 Å². The van der Waals surface area contributed by atoms with Gasteiger partial charge in [0.25, 0.3) is 0 Å². The summed E-state index contributed by atoms with van der Waals surface area (Å²) in [6.07, 6.45) is 0. The van der Waals surface area contributed by atoms with Crippen LogP contribution in [0.4, 0.5) is 4.70 Å². The third-order valence-corrected chi connectivity index (χ3v) is 0. The number of rotatable bonds is 0. The molecular weight excluding hydrogens is 91.1 g/mol. The van der Waals surface area contributed by atoms with E-state index in [0.717, 1.165) is 0 Å². The maximum Gasteiger partial charge on any atom is -0.0683 e. The highest BCUT2D eigenvalue weighted by molar-refractivity contribution is 3.51. The molecule has 0 spiro atoms. The van der Waals surface area contributed by atoms with E-state index in [9.17, 15) is 0 Å². The first-order valence-corrected chi connectivity index (χ1v) is 3.00. The van der Waals surface area contributed by atoms with Gasteiger partial charge in [0.2, 0.25) is 0 Å². The molecule has 0 amide bonds. The lowest BCUT2D eigenvalue weighted by atomic mass is 11.0. The summed E-state index contributed by atoms with van der Waals surface area (Å²) in [5, 5.41) is 0. The maximum absolute atomic E-state index is 2.00. The smallest absolute Gasteiger partial charge is 0.0683 e. The topological polar surface area (TPSA) is 0 Å². The van der Waals surface area contributed by atoms with Gasteiger partial charge in [0.05, 0.1) is 0 Å². The van der Waals surface area contributed by atoms with Crippen LogP contribution < -0.4 is 0 Å². The van der Waals surface area contributed by atoms with Gasteiger partial charge in [0, 0.05) is 0 Å². The minimum Gasteiger partial charge on any atom is -0.269 e. The van der Waals surface area contributed by atoms with Gasteiger partial charge in [0.1, 0.15) is 0 Å². The second-order valence-electron chi connectivity index (χ2n) is 0. The molecule has 0 radical (unpaired) electrons. The Balaban J connectivity index is -0.00000000900. The molecule has 0 fully saturated rings. The number of hydrogen-bond acceptors (Lipinski definition) is 0. The first kappa shape index (κ1) is 28.4. The minimum absolute atomic E-state index is 0. The van der Waals surface area contributed by atoms with Crippen LogP contribution in [-0.2, 0) is 0 Å². The predicted molar refractivity (Wildman–Crippen MR) is 36.5 cm³/mol. The fraction of sp³-hybridized carbons (Fsp3) is 1.00. The highest BCUT2D eigenvalue weighted by Gasteiger charge is 0.936. The van der Waals surface area contributed by atoms with Gasteiger partial charge < -0.3 is 0 Å². The van der Waals surface area contributed by atoms with Crippen molar-refractivity contribution in [3.05, 3.63) is 0 Å². The van der Waals surface area contributed by atoms with Crippen LogP contribution in [0.25, 0.3) is 0 Å². The molecule has 50 valence electrons. The molecule has 0 aromatic heterocycles. The molecule has 0 aliphatic heterocycles. The summed E-state index contributed by atoms with van der Waals surface area (Å²) in [6.45, 7) is 12.0. The van der Waals surface area contributed by atoms with E-state index in [0.29, 0.717) is 0 Å². The van der Waals surface area contributed by atoms with Crippen molar-refractivity contribution in [3.63, 3.8) is 0 Å². The van der Waals surface area contributed by atoms with Gasteiger partial charge in [-0.2, -0.15) is 0 Å². The van der Waals surface area contributed by atoms with Crippen LogP contribution in [0.15, 0.2) is 0 Å². The van der Waals surface area contributed by atoms with Crippen LogP contribution >= 0.6 is 0 Å². The second-order valence-corrected chi connectivity index (χ2v) is 0. The third-order valence-electron chi connectivity index (χ3n) is 0. The van der Waals surface area contributed by atoms with Gasteiger partial charge in [-0.1, -0.05) is 41.5 Å². The van der Waals surface area contributed by atoms with E-state index in [-0.39, 0.29) is 4.70 Å². The van der Waals surface area contributed by atoms with E-state index in [1.54, 1.807) is 0 Å². The Morgan fingerprint density at radius 3 is 0.429 bits per heavy atom. The average molecular weight is 110 g/mol. The Labute approximate surface area is 47.3 Å². The van der Waals surface area contributed by atoms with Crippen LogP contribution in [0, 0.1) is 0 Å². The largest absolute Gasteiger partial charge is 0.269 e. The lowest BCUT2D eigenvalue weighted by Crippen LogP contribution is -0.856. The summed E-state index contributed by atoms with van der Waals surface area (Å²) in [5.41, 5.74) is 0. The lowest BCUT2D eigenvalue weighted by Gasteiger charge is -1.07. The SMILES string of the molecule is CC.CC.CC.F. The Bertz CT molecular complexity index is 4.14. The molecule has 0 aliphatic rings. The van der Waals surface area contributed by atoms with E-state index >= 15 is 0 Å². The van der Waals surface area contributed by atoms with Crippen molar-refractivity contribution in [1.82, 2.24) is 0 Å². The summed E-state index contributed by atoms with van der Waals surface area (Å²) < 4.78 is 0. The molecule has 0 aromatic rings. The summed E-state index contributed by atoms with van der Waals surface area (Å²) in [5.74, 6) is 0. The van der Waals surface area contributed by atoms with Crippen molar-refractivity contribution >= 4 is 0 Å². The molecule has 7 heavy (non-hydrogen) atoms. The van der Waals surface area contributed by atoms with E-state index in [1.807, 2.05) is 41.5 Å². The molecule has 0 aromatic carbocycles. The van der Waals surface area contributed by atoms with Crippen LogP contribution in [0.1, 0.15) is 41.5 Å². The Morgan fingerprint density at radius 2 is 0.429 bits per heavy atom. The molecule has 0 rings (SSSR count). The molecule has 1 heteroatoms. The van der Waals surface area contributed by atoms with Crippen molar-refractivity contribution in [2.45, 2.75) is 41.5 Å². The van der Waals surface area contributed by atoms with Gasteiger partial charge in [-0.3, -0.25) is 4.70 Å². The summed E-state index contributed by atoms with van der Waals surface area (Å²) in [7, 11) is 0. The first-order chi connectivity index (χ1) is 3.00. The lowest BCUT2D eigenvalue weighted by molar-refractivity contribution is 1.11. The zero-order valence-electron chi connectivity index (χ0n) is 6.41. The third kappa shape index (κ3) is 18700. The average Bonchev–Trinajstić information content (AvgIpc) is 1.81. The van der Waals surface area contributed by atoms with E-state index in [4.69, 9.17) is 0 Å². The van der Waals surface area contributed by atoms with Crippen LogP contribution in [0.5, 0.6) is 0 Å². The van der Waals surface area contributed by atoms with Gasteiger partial charge in [0.15, 0.2) is 0 Å². The Morgan fingerprint density at radius 1 is 0.429 bits per heavy atom. The zero-order valence-corrected chi connectivity index (χ0v) is 6.41. The molecule has 0 bridgehead atoms. The maximum atomic E-state index is 2.00. The van der Waals surface area contributed by atoms with E-state index < -0.39 is 0 Å². The molecule has 0 nitrogen and oxygen atoms in total. The molecule has 0 saturated heterocycles. The zero-order chi connectivity index (χ0) is 6.00. The second kappa shape index (κ2) is 29400. The van der Waals surface area contributed by atoms with Crippen molar-refractivity contribution in [3.8, 4) is 0 Å². The van der Waals surface area contributed by atoms with Gasteiger partial charge in [-0.05, 0) is 0 Å². The van der Waals surface area contributed by atoms with E-state index in [1.165, 1.54) is 0 Å². The summed E-state index contributed by atoms with van der Waals surface area (Å²) in [6, 6.07) is 0. The minimum atomic E-state index is 0. The quantitative estimate of drug-likeness (QED) is 0.449.